The van der Waals surface area contributed by atoms with Crippen LogP contribution in [0.4, 0.5) is 0 Å². The molecular formula is C12H13N3O4. The van der Waals surface area contributed by atoms with Crippen LogP contribution in [0.25, 0.3) is 11.0 Å². The molecule has 4 atom stereocenters. The molecule has 0 unspecified atom stereocenters. The molecule has 7 nitrogen and oxygen atoms in total. The third-order valence-electron chi connectivity index (χ3n) is 3.64. The van der Waals surface area contributed by atoms with Gasteiger partial charge in [-0.05, 0) is 6.07 Å². The molecule has 0 radical (unpaired) electrons. The molecule has 4 heterocycles. The van der Waals surface area contributed by atoms with Gasteiger partial charge in [-0.3, -0.25) is 0 Å². The van der Waals surface area contributed by atoms with Crippen LogP contribution in [0.3, 0.4) is 0 Å². The SMILES string of the molecule is COc1ncnc2c1ccn2[C@@H]1O[C@H](CO)[C@H]2O[C@@H]21. The molecule has 0 amide bonds. The molecule has 0 bridgehead atoms. The Bertz CT molecular complexity index is 628. The Morgan fingerprint density at radius 1 is 1.37 bits per heavy atom. The van der Waals surface area contributed by atoms with Crippen LogP contribution in [0.15, 0.2) is 18.6 Å². The van der Waals surface area contributed by atoms with Gasteiger partial charge in [0.1, 0.15) is 30.3 Å². The van der Waals surface area contributed by atoms with E-state index in [0.29, 0.717) is 5.88 Å². The van der Waals surface area contributed by atoms with E-state index in [-0.39, 0.29) is 31.1 Å². The standard InChI is InChI=1S/C12H13N3O4/c1-17-11-6-2-3-15(10(6)13-5-14-11)12-9-8(19-9)7(4-16)18-12/h2-3,5,7-9,12,16H,4H2,1H3/t7-,8-,9+,12-/m1/s1. The van der Waals surface area contributed by atoms with Crippen LogP contribution in [0.2, 0.25) is 0 Å². The maximum atomic E-state index is 9.21. The van der Waals surface area contributed by atoms with Crippen molar-refractivity contribution in [2.75, 3.05) is 13.7 Å². The molecule has 0 spiro atoms. The third-order valence-corrected chi connectivity index (χ3v) is 3.64. The smallest absolute Gasteiger partial charge is 0.225 e. The van der Waals surface area contributed by atoms with Crippen molar-refractivity contribution in [1.82, 2.24) is 14.5 Å². The minimum absolute atomic E-state index is 0.00353. The van der Waals surface area contributed by atoms with E-state index in [2.05, 4.69) is 9.97 Å². The number of aliphatic hydroxyl groups excluding tert-OH is 1. The Hall–Kier alpha value is -1.70. The number of hydrogen-bond donors (Lipinski definition) is 1. The van der Waals surface area contributed by atoms with Gasteiger partial charge in [-0.2, -0.15) is 0 Å². The summed E-state index contributed by atoms with van der Waals surface area (Å²) in [5.74, 6) is 0.536. The van der Waals surface area contributed by atoms with Crippen molar-refractivity contribution in [2.24, 2.45) is 0 Å². The monoisotopic (exact) mass is 263 g/mol. The van der Waals surface area contributed by atoms with E-state index in [1.54, 1.807) is 7.11 Å². The van der Waals surface area contributed by atoms with Crippen LogP contribution in [0.1, 0.15) is 6.23 Å². The van der Waals surface area contributed by atoms with Gasteiger partial charge in [0.2, 0.25) is 5.88 Å². The van der Waals surface area contributed by atoms with Crippen molar-refractivity contribution < 1.29 is 19.3 Å². The normalized spacial score (nSPS) is 32.5. The van der Waals surface area contributed by atoms with Crippen molar-refractivity contribution in [3.05, 3.63) is 18.6 Å². The summed E-state index contributed by atoms with van der Waals surface area (Å²) < 4.78 is 18.4. The van der Waals surface area contributed by atoms with E-state index in [0.717, 1.165) is 11.0 Å². The lowest BCUT2D eigenvalue weighted by molar-refractivity contribution is -0.0821. The molecule has 0 aliphatic carbocycles. The minimum atomic E-state index is -0.254. The second-order valence-electron chi connectivity index (χ2n) is 4.66. The van der Waals surface area contributed by atoms with Crippen LogP contribution in [0, 0.1) is 0 Å². The van der Waals surface area contributed by atoms with Crippen LogP contribution in [-0.4, -0.2) is 51.7 Å². The Morgan fingerprint density at radius 2 is 2.26 bits per heavy atom. The average Bonchev–Trinajstić information content (AvgIpc) is 2.97. The van der Waals surface area contributed by atoms with Gasteiger partial charge in [-0.1, -0.05) is 0 Å². The fraction of sp³-hybridized carbons (Fsp3) is 0.500. The van der Waals surface area contributed by atoms with Gasteiger partial charge in [-0.25, -0.2) is 9.97 Å². The molecule has 0 saturated carbocycles. The number of methoxy groups -OCH3 is 1. The molecular weight excluding hydrogens is 250 g/mol. The highest BCUT2D eigenvalue weighted by molar-refractivity contribution is 5.81. The van der Waals surface area contributed by atoms with Crippen molar-refractivity contribution in [1.29, 1.82) is 0 Å². The van der Waals surface area contributed by atoms with E-state index in [4.69, 9.17) is 14.2 Å². The number of rotatable bonds is 3. The van der Waals surface area contributed by atoms with E-state index in [1.165, 1.54) is 6.33 Å². The Balaban J connectivity index is 1.76. The van der Waals surface area contributed by atoms with Gasteiger partial charge in [0, 0.05) is 6.20 Å². The molecule has 2 fully saturated rings. The molecule has 2 aromatic heterocycles. The first-order valence-electron chi connectivity index (χ1n) is 6.11. The first kappa shape index (κ1) is 11.2. The summed E-state index contributed by atoms with van der Waals surface area (Å²) in [4.78, 5) is 8.34. The summed E-state index contributed by atoms with van der Waals surface area (Å²) >= 11 is 0. The van der Waals surface area contributed by atoms with Gasteiger partial charge in [-0.15, -0.1) is 0 Å². The van der Waals surface area contributed by atoms with Crippen molar-refractivity contribution >= 4 is 11.0 Å². The zero-order chi connectivity index (χ0) is 13.0. The second-order valence-corrected chi connectivity index (χ2v) is 4.66. The predicted octanol–water partition coefficient (Wildman–Crippen LogP) is 0.0970. The zero-order valence-electron chi connectivity index (χ0n) is 10.3. The molecule has 0 aromatic carbocycles. The van der Waals surface area contributed by atoms with Crippen LogP contribution < -0.4 is 4.74 Å². The van der Waals surface area contributed by atoms with Crippen molar-refractivity contribution in [2.45, 2.75) is 24.5 Å². The zero-order valence-corrected chi connectivity index (χ0v) is 10.3. The molecule has 2 aliphatic heterocycles. The lowest BCUT2D eigenvalue weighted by Crippen LogP contribution is -2.22. The molecule has 100 valence electrons. The van der Waals surface area contributed by atoms with E-state index >= 15 is 0 Å². The van der Waals surface area contributed by atoms with E-state index < -0.39 is 0 Å². The molecule has 2 saturated heterocycles. The largest absolute Gasteiger partial charge is 0.480 e. The number of hydrogen-bond acceptors (Lipinski definition) is 6. The highest BCUT2D eigenvalue weighted by Crippen LogP contribution is 2.45. The third kappa shape index (κ3) is 1.49. The molecule has 2 aromatic rings. The number of ether oxygens (including phenoxy) is 3. The fourth-order valence-electron chi connectivity index (χ4n) is 2.69. The Labute approximate surface area is 108 Å². The van der Waals surface area contributed by atoms with E-state index in [9.17, 15) is 5.11 Å². The molecule has 4 rings (SSSR count). The summed E-state index contributed by atoms with van der Waals surface area (Å²) in [6.07, 6.45) is 2.83. The Kier molecular flexibility index (Phi) is 2.29. The number of fused-ring (bicyclic) bond motifs is 2. The van der Waals surface area contributed by atoms with Gasteiger partial charge >= 0.3 is 0 Å². The van der Waals surface area contributed by atoms with Gasteiger partial charge < -0.3 is 23.9 Å². The molecule has 19 heavy (non-hydrogen) atoms. The summed E-state index contributed by atoms with van der Waals surface area (Å²) in [7, 11) is 1.58. The van der Waals surface area contributed by atoms with Gasteiger partial charge in [0.15, 0.2) is 6.23 Å². The first-order valence-corrected chi connectivity index (χ1v) is 6.11. The average molecular weight is 263 g/mol. The van der Waals surface area contributed by atoms with Crippen LogP contribution in [-0.2, 0) is 9.47 Å². The summed E-state index contributed by atoms with van der Waals surface area (Å²) in [6.45, 7) is -0.0326. The van der Waals surface area contributed by atoms with Gasteiger partial charge in [0.25, 0.3) is 0 Å². The molecule has 7 heteroatoms. The van der Waals surface area contributed by atoms with Crippen molar-refractivity contribution in [3.63, 3.8) is 0 Å². The minimum Gasteiger partial charge on any atom is -0.480 e. The maximum Gasteiger partial charge on any atom is 0.225 e. The topological polar surface area (TPSA) is 81.9 Å². The number of aromatic nitrogens is 3. The predicted molar refractivity (Wildman–Crippen MR) is 63.7 cm³/mol. The number of aliphatic hydroxyl groups is 1. The fourth-order valence-corrected chi connectivity index (χ4v) is 2.69. The van der Waals surface area contributed by atoms with Gasteiger partial charge in [0.05, 0.1) is 19.1 Å². The second kappa shape index (κ2) is 3.89. The van der Waals surface area contributed by atoms with Crippen LogP contribution >= 0.6 is 0 Å². The quantitative estimate of drug-likeness (QED) is 0.791. The Morgan fingerprint density at radius 3 is 3.00 bits per heavy atom. The number of nitrogens with zero attached hydrogens (tertiary/aromatic N) is 3. The summed E-state index contributed by atoms with van der Waals surface area (Å²) in [6, 6.07) is 1.89. The lowest BCUT2D eigenvalue weighted by Gasteiger charge is -2.18. The molecule has 2 aliphatic rings. The maximum absolute atomic E-state index is 9.21. The number of epoxide rings is 1. The highest BCUT2D eigenvalue weighted by atomic mass is 16.7. The highest BCUT2D eigenvalue weighted by Gasteiger charge is 2.58. The molecule has 1 N–H and O–H groups in total. The van der Waals surface area contributed by atoms with E-state index in [1.807, 2.05) is 16.8 Å². The van der Waals surface area contributed by atoms with Crippen LogP contribution in [0.5, 0.6) is 5.88 Å². The summed E-state index contributed by atoms with van der Waals surface area (Å²) in [5.41, 5.74) is 0.740. The first-order chi connectivity index (χ1) is 9.33. The van der Waals surface area contributed by atoms with Crippen molar-refractivity contribution in [3.8, 4) is 5.88 Å². The summed E-state index contributed by atoms with van der Waals surface area (Å²) in [5, 5.41) is 10.0. The lowest BCUT2D eigenvalue weighted by atomic mass is 10.2.